The highest BCUT2D eigenvalue weighted by Gasteiger charge is 2.20. The summed E-state index contributed by atoms with van der Waals surface area (Å²) in [6, 6.07) is 25.3. The van der Waals surface area contributed by atoms with Gasteiger partial charge in [-0.25, -0.2) is 4.98 Å². The number of aromatic nitrogens is 1. The molecule has 4 rings (SSSR count). The van der Waals surface area contributed by atoms with Gasteiger partial charge in [0.1, 0.15) is 5.75 Å². The Hall–Kier alpha value is -3.40. The lowest BCUT2D eigenvalue weighted by molar-refractivity contribution is -0.115. The Morgan fingerprint density at radius 1 is 1.03 bits per heavy atom. The van der Waals surface area contributed by atoms with Crippen LogP contribution in [0.3, 0.4) is 0 Å². The van der Waals surface area contributed by atoms with Crippen LogP contribution in [-0.4, -0.2) is 28.4 Å². The summed E-state index contributed by atoms with van der Waals surface area (Å²) in [5, 5.41) is 12.1. The lowest BCUT2D eigenvalue weighted by Crippen LogP contribution is -2.24. The van der Waals surface area contributed by atoms with Crippen molar-refractivity contribution in [3.63, 3.8) is 0 Å². The average Bonchev–Trinajstić information content (AvgIpc) is 3.36. The second-order valence-electron chi connectivity index (χ2n) is 7.72. The van der Waals surface area contributed by atoms with Crippen molar-refractivity contribution >= 4 is 62.8 Å². The molecule has 0 aliphatic carbocycles. The van der Waals surface area contributed by atoms with Gasteiger partial charge in [0, 0.05) is 21.5 Å². The molecule has 0 radical (unpaired) electrons. The number of benzene rings is 3. The summed E-state index contributed by atoms with van der Waals surface area (Å²) < 4.78 is 5.37. The van der Waals surface area contributed by atoms with Gasteiger partial charge < -0.3 is 20.7 Å². The molecule has 1 atom stereocenters. The fourth-order valence-electron chi connectivity index (χ4n) is 3.42. The van der Waals surface area contributed by atoms with Crippen LogP contribution >= 0.6 is 35.3 Å². The van der Waals surface area contributed by atoms with Crippen LogP contribution in [0.15, 0.2) is 89.1 Å². The normalized spacial score (nSPS) is 11.4. The topological polar surface area (TPSA) is 75.3 Å². The number of thiocarbonyl (C=S) groups is 1. The van der Waals surface area contributed by atoms with E-state index in [9.17, 15) is 4.79 Å². The molecule has 0 saturated carbocycles. The first-order chi connectivity index (χ1) is 17.6. The Kier molecular flexibility index (Phi) is 8.94. The molecule has 36 heavy (non-hydrogen) atoms. The molecule has 0 spiro atoms. The fraction of sp³-hybridized carbons (Fsp3) is 0.148. The van der Waals surface area contributed by atoms with Crippen molar-refractivity contribution in [3.8, 4) is 17.0 Å². The number of hydrogen-bond acceptors (Lipinski definition) is 6. The highest BCUT2D eigenvalue weighted by Crippen LogP contribution is 2.30. The first-order valence-electron chi connectivity index (χ1n) is 11.3. The highest BCUT2D eigenvalue weighted by molar-refractivity contribution is 8.00. The smallest absolute Gasteiger partial charge is 0.239 e. The quantitative estimate of drug-likeness (QED) is 0.156. The van der Waals surface area contributed by atoms with Crippen LogP contribution in [0, 0.1) is 0 Å². The molecule has 1 amide bonds. The maximum absolute atomic E-state index is 13.0. The maximum atomic E-state index is 13.0. The second-order valence-corrected chi connectivity index (χ2v) is 10.3. The first kappa shape index (κ1) is 25.7. The fourth-order valence-corrected chi connectivity index (χ4v) is 5.39. The number of methoxy groups -OCH3 is 1. The summed E-state index contributed by atoms with van der Waals surface area (Å²) in [5.41, 5.74) is 3.49. The van der Waals surface area contributed by atoms with Crippen LogP contribution in [-0.2, 0) is 4.79 Å². The average molecular weight is 535 g/mol. The number of thioether (sulfide) groups is 1. The molecular formula is C27H26N4O2S3. The zero-order valence-corrected chi connectivity index (χ0v) is 22.3. The summed E-state index contributed by atoms with van der Waals surface area (Å²) in [6.07, 6.45) is 0.679. The van der Waals surface area contributed by atoms with Gasteiger partial charge in [-0.2, -0.15) is 0 Å². The van der Waals surface area contributed by atoms with E-state index in [2.05, 4.69) is 20.9 Å². The number of amides is 1. The third kappa shape index (κ3) is 6.84. The molecule has 0 fully saturated rings. The number of rotatable bonds is 9. The summed E-state index contributed by atoms with van der Waals surface area (Å²) in [5.74, 6) is 0.641. The molecule has 3 aromatic carbocycles. The minimum atomic E-state index is -0.261. The van der Waals surface area contributed by atoms with E-state index in [1.165, 1.54) is 23.1 Å². The van der Waals surface area contributed by atoms with E-state index in [1.54, 1.807) is 7.11 Å². The number of carbonyl (C=O) groups excluding carboxylic acids is 1. The number of thiazole rings is 1. The van der Waals surface area contributed by atoms with Crippen molar-refractivity contribution in [2.45, 2.75) is 23.5 Å². The van der Waals surface area contributed by atoms with Crippen LogP contribution in [0.4, 0.5) is 16.5 Å². The number of nitrogens with one attached hydrogen (secondary N) is 3. The highest BCUT2D eigenvalue weighted by atomic mass is 32.2. The van der Waals surface area contributed by atoms with Gasteiger partial charge in [-0.3, -0.25) is 4.79 Å². The molecule has 184 valence electrons. The van der Waals surface area contributed by atoms with E-state index in [1.807, 2.05) is 91.2 Å². The molecule has 1 heterocycles. The molecule has 0 bridgehead atoms. The Morgan fingerprint density at radius 2 is 1.81 bits per heavy atom. The zero-order valence-electron chi connectivity index (χ0n) is 19.9. The number of nitrogens with zero attached hydrogens (tertiary/aromatic N) is 1. The van der Waals surface area contributed by atoms with Gasteiger partial charge in [0.05, 0.1) is 23.7 Å². The van der Waals surface area contributed by atoms with Crippen molar-refractivity contribution < 1.29 is 9.53 Å². The molecule has 1 unspecified atom stereocenters. The van der Waals surface area contributed by atoms with E-state index < -0.39 is 0 Å². The summed E-state index contributed by atoms with van der Waals surface area (Å²) in [7, 11) is 1.62. The van der Waals surface area contributed by atoms with E-state index in [-0.39, 0.29) is 11.2 Å². The van der Waals surface area contributed by atoms with Gasteiger partial charge in [-0.1, -0.05) is 55.5 Å². The number of ether oxygens (including phenoxy) is 1. The maximum Gasteiger partial charge on any atom is 0.239 e. The number of hydrogen-bond donors (Lipinski definition) is 3. The third-order valence-corrected chi connectivity index (χ3v) is 7.51. The Labute approximate surface area is 224 Å². The largest absolute Gasteiger partial charge is 0.495 e. The molecule has 0 aliphatic heterocycles. The van der Waals surface area contributed by atoms with Crippen molar-refractivity contribution in [1.29, 1.82) is 0 Å². The van der Waals surface area contributed by atoms with Crippen LogP contribution in [0.25, 0.3) is 11.3 Å². The summed E-state index contributed by atoms with van der Waals surface area (Å²) in [6.45, 7) is 2.00. The lowest BCUT2D eigenvalue weighted by atomic mass is 10.2. The van der Waals surface area contributed by atoms with E-state index >= 15 is 0 Å². The Bertz CT molecular complexity index is 1330. The van der Waals surface area contributed by atoms with E-state index in [0.717, 1.165) is 27.5 Å². The van der Waals surface area contributed by atoms with Crippen LogP contribution in [0.1, 0.15) is 13.3 Å². The van der Waals surface area contributed by atoms with Gasteiger partial charge in [-0.05, 0) is 49.0 Å². The van der Waals surface area contributed by atoms with Crippen molar-refractivity contribution in [1.82, 2.24) is 4.98 Å². The van der Waals surface area contributed by atoms with Crippen molar-refractivity contribution in [2.24, 2.45) is 0 Å². The first-order valence-corrected chi connectivity index (χ1v) is 13.5. The molecular weight excluding hydrogens is 509 g/mol. The SMILES string of the molecule is CCC(Sc1cccc(NC(=S)Nc2ccccc2OC)c1)C(=O)Nc1nc(-c2ccccc2)cs1. The molecule has 0 aliphatic rings. The van der Waals surface area contributed by atoms with Crippen molar-refractivity contribution in [3.05, 3.63) is 84.2 Å². The van der Waals surface area contributed by atoms with Gasteiger partial charge in [0.15, 0.2) is 10.2 Å². The molecule has 4 aromatic rings. The third-order valence-electron chi connectivity index (χ3n) is 5.19. The molecule has 0 saturated heterocycles. The second kappa shape index (κ2) is 12.5. The van der Waals surface area contributed by atoms with Crippen LogP contribution in [0.5, 0.6) is 5.75 Å². The number of carbonyl (C=O) groups is 1. The lowest BCUT2D eigenvalue weighted by Gasteiger charge is -2.16. The van der Waals surface area contributed by atoms with E-state index in [0.29, 0.717) is 22.4 Å². The molecule has 6 nitrogen and oxygen atoms in total. The van der Waals surface area contributed by atoms with Gasteiger partial charge in [0.25, 0.3) is 0 Å². The standard InChI is InChI=1S/C27H26N4O2S3/c1-3-24(25(32)31-27-30-22(17-35-27)18-10-5-4-6-11-18)36-20-13-9-12-19(16-20)28-26(34)29-21-14-7-8-15-23(21)33-2/h4-17,24H,3H2,1-2H3,(H2,28,29,34)(H,30,31,32). The van der Waals surface area contributed by atoms with Gasteiger partial charge in [0.2, 0.25) is 5.91 Å². The predicted octanol–water partition coefficient (Wildman–Crippen LogP) is 7.14. The molecule has 3 N–H and O–H groups in total. The zero-order chi connectivity index (χ0) is 25.3. The van der Waals surface area contributed by atoms with Gasteiger partial charge >= 0.3 is 0 Å². The summed E-state index contributed by atoms with van der Waals surface area (Å²) in [4.78, 5) is 18.5. The Balaban J connectivity index is 1.36. The van der Waals surface area contributed by atoms with Crippen LogP contribution < -0.4 is 20.7 Å². The van der Waals surface area contributed by atoms with Crippen molar-refractivity contribution in [2.75, 3.05) is 23.1 Å². The Morgan fingerprint density at radius 3 is 2.58 bits per heavy atom. The van der Waals surface area contributed by atoms with Gasteiger partial charge in [-0.15, -0.1) is 23.1 Å². The molecule has 9 heteroatoms. The minimum absolute atomic E-state index is 0.0665. The summed E-state index contributed by atoms with van der Waals surface area (Å²) >= 11 is 8.42. The number of para-hydroxylation sites is 2. The molecule has 1 aromatic heterocycles. The van der Waals surface area contributed by atoms with E-state index in [4.69, 9.17) is 17.0 Å². The predicted molar refractivity (Wildman–Crippen MR) is 155 cm³/mol. The van der Waals surface area contributed by atoms with Crippen LogP contribution in [0.2, 0.25) is 0 Å². The monoisotopic (exact) mass is 534 g/mol. The number of anilines is 3. The minimum Gasteiger partial charge on any atom is -0.495 e.